The van der Waals surface area contributed by atoms with Crippen LogP contribution in [0, 0.1) is 0 Å². The molecule has 0 atom stereocenters. The number of nitrogens with one attached hydrogen (secondary N) is 3. The Kier molecular flexibility index (Phi) is 7.92. The summed E-state index contributed by atoms with van der Waals surface area (Å²) >= 11 is 1.35. The Hall–Kier alpha value is -3.73. The number of pyridine rings is 2. The lowest BCUT2D eigenvalue weighted by atomic mass is 10.2. The number of thioether (sulfide) groups is 1. The number of nitrogens with zero attached hydrogens (tertiary/aromatic N) is 2. The predicted molar refractivity (Wildman–Crippen MR) is 117 cm³/mol. The van der Waals surface area contributed by atoms with Gasteiger partial charge in [-0.25, -0.2) is 14.8 Å². The number of carbonyl (C=O) groups is 2. The van der Waals surface area contributed by atoms with Crippen molar-refractivity contribution >= 4 is 35.2 Å². The summed E-state index contributed by atoms with van der Waals surface area (Å²) in [6, 6.07) is 12.1. The van der Waals surface area contributed by atoms with Crippen LogP contribution >= 0.6 is 11.8 Å². The van der Waals surface area contributed by atoms with E-state index < -0.39 is 6.61 Å². The van der Waals surface area contributed by atoms with E-state index >= 15 is 0 Å². The third-order valence-electron chi connectivity index (χ3n) is 4.02. The normalized spacial score (nSPS) is 10.5. The smallest absolute Gasteiger partial charge is 0.387 e. The lowest BCUT2D eigenvalue weighted by Gasteiger charge is -2.10. The Morgan fingerprint density at radius 3 is 2.56 bits per heavy atom. The molecule has 0 aliphatic carbocycles. The van der Waals surface area contributed by atoms with Crippen LogP contribution in [0.4, 0.5) is 25.1 Å². The van der Waals surface area contributed by atoms with Crippen LogP contribution in [0.1, 0.15) is 15.9 Å². The van der Waals surface area contributed by atoms with Gasteiger partial charge in [-0.15, -0.1) is 11.8 Å². The fraction of sp³-hybridized carbons (Fsp3) is 0.143. The minimum absolute atomic E-state index is 0.00162. The summed E-state index contributed by atoms with van der Waals surface area (Å²) in [5, 5.41) is 8.28. The molecule has 1 aromatic carbocycles. The van der Waals surface area contributed by atoms with Gasteiger partial charge in [0, 0.05) is 30.9 Å². The predicted octanol–water partition coefficient (Wildman–Crippen LogP) is 4.37. The highest BCUT2D eigenvalue weighted by Gasteiger charge is 2.14. The minimum atomic E-state index is -2.92. The number of amides is 3. The molecule has 11 heteroatoms. The number of anilines is 2. The Morgan fingerprint density at radius 1 is 1.06 bits per heavy atom. The molecule has 2 heterocycles. The van der Waals surface area contributed by atoms with E-state index in [0.29, 0.717) is 27.8 Å². The number of rotatable bonds is 8. The van der Waals surface area contributed by atoms with E-state index in [1.807, 2.05) is 0 Å². The highest BCUT2D eigenvalue weighted by Crippen LogP contribution is 2.26. The van der Waals surface area contributed by atoms with Gasteiger partial charge in [0.2, 0.25) is 0 Å². The van der Waals surface area contributed by atoms with E-state index in [1.54, 1.807) is 36.7 Å². The van der Waals surface area contributed by atoms with Crippen molar-refractivity contribution in [3.63, 3.8) is 0 Å². The number of ether oxygens (including phenoxy) is 1. The number of aromatic nitrogens is 2. The van der Waals surface area contributed by atoms with Crippen LogP contribution in [0.2, 0.25) is 0 Å². The van der Waals surface area contributed by atoms with Crippen molar-refractivity contribution < 1.29 is 23.1 Å². The van der Waals surface area contributed by atoms with Gasteiger partial charge in [-0.2, -0.15) is 8.78 Å². The first kappa shape index (κ1) is 22.9. The van der Waals surface area contributed by atoms with Crippen molar-refractivity contribution in [1.29, 1.82) is 0 Å². The molecule has 0 bridgehead atoms. The summed E-state index contributed by atoms with van der Waals surface area (Å²) in [5.41, 5.74) is 1.67. The molecule has 3 rings (SSSR count). The van der Waals surface area contributed by atoms with Crippen molar-refractivity contribution in [2.75, 3.05) is 17.7 Å². The molecule has 2 aromatic heterocycles. The topological polar surface area (TPSA) is 105 Å². The van der Waals surface area contributed by atoms with Crippen LogP contribution in [0.25, 0.3) is 0 Å². The second-order valence-electron chi connectivity index (χ2n) is 6.26. The van der Waals surface area contributed by atoms with Crippen molar-refractivity contribution in [3.05, 3.63) is 72.1 Å². The third-order valence-corrected chi connectivity index (χ3v) is 5.10. The van der Waals surface area contributed by atoms with E-state index in [0.717, 1.165) is 5.56 Å². The Morgan fingerprint density at radius 2 is 1.84 bits per heavy atom. The molecule has 0 radical (unpaired) electrons. The van der Waals surface area contributed by atoms with E-state index in [1.165, 1.54) is 43.1 Å². The van der Waals surface area contributed by atoms with E-state index in [-0.39, 0.29) is 17.7 Å². The monoisotopic (exact) mass is 459 g/mol. The molecule has 0 saturated heterocycles. The average Bonchev–Trinajstić information content (AvgIpc) is 2.79. The molecule has 32 heavy (non-hydrogen) atoms. The lowest BCUT2D eigenvalue weighted by molar-refractivity contribution is -0.0498. The molecule has 3 amide bonds. The summed E-state index contributed by atoms with van der Waals surface area (Å²) in [5.74, 6) is 0.501. The number of benzene rings is 1. The van der Waals surface area contributed by atoms with Gasteiger partial charge < -0.3 is 15.4 Å². The maximum absolute atomic E-state index is 12.7. The summed E-state index contributed by atoms with van der Waals surface area (Å²) in [6.45, 7) is -2.92. The quantitative estimate of drug-likeness (QED) is 0.432. The Bertz CT molecular complexity index is 1080. The first-order valence-corrected chi connectivity index (χ1v) is 10.3. The zero-order valence-corrected chi connectivity index (χ0v) is 17.7. The van der Waals surface area contributed by atoms with E-state index in [2.05, 4.69) is 30.7 Å². The van der Waals surface area contributed by atoms with Gasteiger partial charge in [0.1, 0.15) is 16.6 Å². The van der Waals surface area contributed by atoms with Crippen molar-refractivity contribution in [3.8, 4) is 5.75 Å². The molecule has 3 aromatic rings. The number of urea groups is 1. The molecule has 0 aliphatic rings. The van der Waals surface area contributed by atoms with Gasteiger partial charge >= 0.3 is 12.6 Å². The van der Waals surface area contributed by atoms with Crippen LogP contribution < -0.4 is 20.7 Å². The average molecular weight is 459 g/mol. The second kappa shape index (κ2) is 11.0. The fourth-order valence-corrected chi connectivity index (χ4v) is 3.49. The molecule has 0 fully saturated rings. The molecule has 166 valence electrons. The highest BCUT2D eigenvalue weighted by molar-refractivity contribution is 7.98. The molecule has 0 saturated carbocycles. The summed E-state index contributed by atoms with van der Waals surface area (Å²) < 4.78 is 28.8. The van der Waals surface area contributed by atoms with Gasteiger partial charge in [0.15, 0.2) is 0 Å². The number of halogens is 2. The summed E-state index contributed by atoms with van der Waals surface area (Å²) in [4.78, 5) is 32.6. The summed E-state index contributed by atoms with van der Waals surface area (Å²) in [7, 11) is 1.51. The molecular formula is C21H19F2N5O3S. The van der Waals surface area contributed by atoms with Gasteiger partial charge in [0.05, 0.1) is 5.56 Å². The second-order valence-corrected chi connectivity index (χ2v) is 7.22. The first-order valence-electron chi connectivity index (χ1n) is 9.32. The van der Waals surface area contributed by atoms with Gasteiger partial charge in [-0.05, 0) is 54.1 Å². The third kappa shape index (κ3) is 6.64. The minimum Gasteiger partial charge on any atom is -0.435 e. The van der Waals surface area contributed by atoms with E-state index in [4.69, 9.17) is 0 Å². The largest absolute Gasteiger partial charge is 0.435 e. The zero-order valence-electron chi connectivity index (χ0n) is 16.8. The van der Waals surface area contributed by atoms with Crippen LogP contribution in [0.15, 0.2) is 66.0 Å². The first-order chi connectivity index (χ1) is 15.4. The Labute approximate surface area is 186 Å². The molecule has 3 N–H and O–H groups in total. The van der Waals surface area contributed by atoms with Gasteiger partial charge in [-0.1, -0.05) is 0 Å². The SMILES string of the molecule is CNC(=O)Nc1cc(CSc2ncccc2C(=O)Nc2ccc(OC(F)F)cc2)ccn1. The lowest BCUT2D eigenvalue weighted by Crippen LogP contribution is -2.24. The van der Waals surface area contributed by atoms with E-state index in [9.17, 15) is 18.4 Å². The van der Waals surface area contributed by atoms with Crippen LogP contribution in [0.3, 0.4) is 0 Å². The maximum Gasteiger partial charge on any atom is 0.387 e. The summed E-state index contributed by atoms with van der Waals surface area (Å²) in [6.07, 6.45) is 3.16. The van der Waals surface area contributed by atoms with Crippen LogP contribution in [-0.4, -0.2) is 35.6 Å². The van der Waals surface area contributed by atoms with Gasteiger partial charge in [-0.3, -0.25) is 10.1 Å². The van der Waals surface area contributed by atoms with Crippen LogP contribution in [0.5, 0.6) is 5.75 Å². The number of hydrogen-bond acceptors (Lipinski definition) is 6. The number of hydrogen-bond donors (Lipinski definition) is 3. The van der Waals surface area contributed by atoms with Crippen LogP contribution in [-0.2, 0) is 5.75 Å². The number of carbonyl (C=O) groups excluding carboxylic acids is 2. The molecule has 0 unspecified atom stereocenters. The maximum atomic E-state index is 12.7. The standard InChI is InChI=1S/C21H19F2N5O3S/c1-24-21(30)28-17-11-13(8-10-25-17)12-32-19-16(3-2-9-26-19)18(29)27-14-4-6-15(7-5-14)31-20(22)23/h2-11,20H,12H2,1H3,(H,27,29)(H2,24,25,28,30). The van der Waals surface area contributed by atoms with Crippen molar-refractivity contribution in [1.82, 2.24) is 15.3 Å². The molecule has 0 spiro atoms. The van der Waals surface area contributed by atoms with Crippen molar-refractivity contribution in [2.24, 2.45) is 0 Å². The van der Waals surface area contributed by atoms with Gasteiger partial charge in [0.25, 0.3) is 5.91 Å². The Balaban J connectivity index is 1.66. The zero-order chi connectivity index (χ0) is 22.9. The number of alkyl halides is 2. The fourth-order valence-electron chi connectivity index (χ4n) is 2.56. The molecular weight excluding hydrogens is 440 g/mol. The molecule has 8 nitrogen and oxygen atoms in total. The molecule has 0 aliphatic heterocycles. The highest BCUT2D eigenvalue weighted by atomic mass is 32.2. The van der Waals surface area contributed by atoms with Crippen molar-refractivity contribution in [2.45, 2.75) is 17.4 Å².